The van der Waals surface area contributed by atoms with Gasteiger partial charge in [0, 0.05) is 12.4 Å². The van der Waals surface area contributed by atoms with E-state index in [1.54, 1.807) is 17.7 Å². The highest BCUT2D eigenvalue weighted by Gasteiger charge is 2.33. The molecule has 96 valence electrons. The van der Waals surface area contributed by atoms with Crippen LogP contribution in [0, 0.1) is 5.92 Å². The van der Waals surface area contributed by atoms with E-state index in [4.69, 9.17) is 4.74 Å². The SMILES string of the molecule is CNc1ncnc2c(C3OC(C)CC3C)scc12. The summed E-state index contributed by atoms with van der Waals surface area (Å²) in [4.78, 5) is 9.91. The lowest BCUT2D eigenvalue weighted by Gasteiger charge is -2.13. The van der Waals surface area contributed by atoms with Gasteiger partial charge in [-0.05, 0) is 19.3 Å². The van der Waals surface area contributed by atoms with Crippen LogP contribution in [0.4, 0.5) is 5.82 Å². The van der Waals surface area contributed by atoms with Gasteiger partial charge in [-0.15, -0.1) is 11.3 Å². The van der Waals surface area contributed by atoms with E-state index in [2.05, 4.69) is 34.5 Å². The number of nitrogens with zero attached hydrogens (tertiary/aromatic N) is 2. The normalized spacial score (nSPS) is 27.8. The van der Waals surface area contributed by atoms with Gasteiger partial charge in [0.2, 0.25) is 0 Å². The molecule has 3 unspecified atom stereocenters. The van der Waals surface area contributed by atoms with E-state index < -0.39 is 0 Å². The van der Waals surface area contributed by atoms with Crippen molar-refractivity contribution in [3.05, 3.63) is 16.6 Å². The molecular formula is C13H17N3OS. The fourth-order valence-corrected chi connectivity index (χ4v) is 3.85. The zero-order chi connectivity index (χ0) is 12.7. The topological polar surface area (TPSA) is 47.0 Å². The highest BCUT2D eigenvalue weighted by atomic mass is 32.1. The Labute approximate surface area is 110 Å². The minimum Gasteiger partial charge on any atom is -0.373 e. The largest absolute Gasteiger partial charge is 0.373 e. The molecule has 0 saturated carbocycles. The Balaban J connectivity index is 2.08. The van der Waals surface area contributed by atoms with Gasteiger partial charge in [0.25, 0.3) is 0 Å². The second-order valence-electron chi connectivity index (χ2n) is 4.91. The van der Waals surface area contributed by atoms with E-state index >= 15 is 0 Å². The fourth-order valence-electron chi connectivity index (χ4n) is 2.69. The number of hydrogen-bond donors (Lipinski definition) is 1. The molecule has 4 nitrogen and oxygen atoms in total. The predicted octanol–water partition coefficient (Wildman–Crippen LogP) is 3.22. The molecule has 1 saturated heterocycles. The first-order valence-corrected chi connectivity index (χ1v) is 7.14. The van der Waals surface area contributed by atoms with Gasteiger partial charge in [0.15, 0.2) is 0 Å². The van der Waals surface area contributed by atoms with Crippen molar-refractivity contribution in [1.82, 2.24) is 9.97 Å². The van der Waals surface area contributed by atoms with Crippen molar-refractivity contribution in [3.8, 4) is 0 Å². The summed E-state index contributed by atoms with van der Waals surface area (Å²) in [6, 6.07) is 0. The molecule has 0 aliphatic carbocycles. The van der Waals surface area contributed by atoms with Crippen LogP contribution in [0.25, 0.3) is 10.9 Å². The highest BCUT2D eigenvalue weighted by molar-refractivity contribution is 7.11. The van der Waals surface area contributed by atoms with Crippen molar-refractivity contribution in [3.63, 3.8) is 0 Å². The summed E-state index contributed by atoms with van der Waals surface area (Å²) in [5.74, 6) is 1.44. The molecule has 0 aromatic carbocycles. The summed E-state index contributed by atoms with van der Waals surface area (Å²) < 4.78 is 6.03. The maximum absolute atomic E-state index is 6.03. The standard InChI is InChI=1S/C13H17N3OS/c1-7-4-8(2)17-11(7)12-10-9(5-18-12)13(14-3)16-6-15-10/h5-8,11H,4H2,1-3H3,(H,14,15,16). The smallest absolute Gasteiger partial charge is 0.137 e. The number of ether oxygens (including phenoxy) is 1. The van der Waals surface area contributed by atoms with E-state index in [0.717, 1.165) is 23.1 Å². The van der Waals surface area contributed by atoms with Crippen LogP contribution in [-0.4, -0.2) is 23.1 Å². The van der Waals surface area contributed by atoms with Crippen molar-refractivity contribution in [2.45, 2.75) is 32.5 Å². The lowest BCUT2D eigenvalue weighted by atomic mass is 10.0. The molecule has 3 rings (SSSR count). The van der Waals surface area contributed by atoms with E-state index in [0.29, 0.717) is 12.0 Å². The Morgan fingerprint density at radius 2 is 2.22 bits per heavy atom. The molecule has 0 bridgehead atoms. The van der Waals surface area contributed by atoms with Crippen LogP contribution in [0.5, 0.6) is 0 Å². The number of aromatic nitrogens is 2. The van der Waals surface area contributed by atoms with Gasteiger partial charge in [-0.3, -0.25) is 0 Å². The summed E-state index contributed by atoms with van der Waals surface area (Å²) in [5, 5.41) is 6.32. The van der Waals surface area contributed by atoms with Crippen molar-refractivity contribution in [1.29, 1.82) is 0 Å². The van der Waals surface area contributed by atoms with Gasteiger partial charge in [-0.1, -0.05) is 6.92 Å². The second kappa shape index (κ2) is 4.48. The Hall–Kier alpha value is -1.20. The molecule has 0 spiro atoms. The van der Waals surface area contributed by atoms with Gasteiger partial charge < -0.3 is 10.1 Å². The second-order valence-corrected chi connectivity index (χ2v) is 5.83. The number of anilines is 1. The highest BCUT2D eigenvalue weighted by Crippen LogP contribution is 2.43. The van der Waals surface area contributed by atoms with E-state index in [-0.39, 0.29) is 6.10 Å². The van der Waals surface area contributed by atoms with E-state index in [9.17, 15) is 0 Å². The fraction of sp³-hybridized carbons (Fsp3) is 0.538. The molecule has 5 heteroatoms. The first-order valence-electron chi connectivity index (χ1n) is 6.26. The molecule has 3 atom stereocenters. The van der Waals surface area contributed by atoms with Crippen molar-refractivity contribution in [2.75, 3.05) is 12.4 Å². The minimum absolute atomic E-state index is 0.183. The third-order valence-electron chi connectivity index (χ3n) is 3.52. The quantitative estimate of drug-likeness (QED) is 0.903. The van der Waals surface area contributed by atoms with E-state index in [1.807, 2.05) is 7.05 Å². The van der Waals surface area contributed by atoms with Gasteiger partial charge in [-0.25, -0.2) is 9.97 Å². The average molecular weight is 263 g/mol. The lowest BCUT2D eigenvalue weighted by molar-refractivity contribution is 0.0482. The molecular weight excluding hydrogens is 246 g/mol. The summed E-state index contributed by atoms with van der Waals surface area (Å²) in [7, 11) is 1.88. The number of hydrogen-bond acceptors (Lipinski definition) is 5. The Kier molecular flexibility index (Phi) is 2.95. The van der Waals surface area contributed by atoms with Crippen molar-refractivity contribution >= 4 is 28.1 Å². The van der Waals surface area contributed by atoms with Crippen LogP contribution in [0.2, 0.25) is 0 Å². The van der Waals surface area contributed by atoms with Gasteiger partial charge in [-0.2, -0.15) is 0 Å². The average Bonchev–Trinajstić information content (AvgIpc) is 2.91. The van der Waals surface area contributed by atoms with E-state index in [1.165, 1.54) is 4.88 Å². The Morgan fingerprint density at radius 1 is 1.39 bits per heavy atom. The number of nitrogens with one attached hydrogen (secondary N) is 1. The molecule has 1 aliphatic rings. The van der Waals surface area contributed by atoms with Gasteiger partial charge in [0.05, 0.1) is 28.0 Å². The monoisotopic (exact) mass is 263 g/mol. The zero-order valence-electron chi connectivity index (χ0n) is 10.8. The summed E-state index contributed by atoms with van der Waals surface area (Å²) in [5.41, 5.74) is 1.03. The van der Waals surface area contributed by atoms with Crippen molar-refractivity contribution < 1.29 is 4.74 Å². The molecule has 18 heavy (non-hydrogen) atoms. The molecule has 2 aromatic heterocycles. The molecule has 1 fully saturated rings. The van der Waals surface area contributed by atoms with Crippen LogP contribution >= 0.6 is 11.3 Å². The maximum Gasteiger partial charge on any atom is 0.137 e. The zero-order valence-corrected chi connectivity index (χ0v) is 11.6. The Morgan fingerprint density at radius 3 is 2.89 bits per heavy atom. The minimum atomic E-state index is 0.183. The molecule has 2 aromatic rings. The van der Waals surface area contributed by atoms with Crippen molar-refractivity contribution in [2.24, 2.45) is 5.92 Å². The number of rotatable bonds is 2. The molecule has 0 amide bonds. The summed E-state index contributed by atoms with van der Waals surface area (Å²) in [6.07, 6.45) is 3.26. The third-order valence-corrected chi connectivity index (χ3v) is 4.55. The predicted molar refractivity (Wildman–Crippen MR) is 74.0 cm³/mol. The van der Waals surface area contributed by atoms with Crippen LogP contribution in [0.1, 0.15) is 31.2 Å². The maximum atomic E-state index is 6.03. The lowest BCUT2D eigenvalue weighted by Crippen LogP contribution is -2.03. The molecule has 3 heterocycles. The number of fused-ring (bicyclic) bond motifs is 1. The van der Waals surface area contributed by atoms with Crippen LogP contribution in [0.3, 0.4) is 0 Å². The van der Waals surface area contributed by atoms with Crippen LogP contribution < -0.4 is 5.32 Å². The van der Waals surface area contributed by atoms with Gasteiger partial charge in [0.1, 0.15) is 12.1 Å². The number of thiophene rings is 1. The Bertz CT molecular complexity index is 568. The first kappa shape index (κ1) is 11.9. The molecule has 0 radical (unpaired) electrons. The summed E-state index contributed by atoms with van der Waals surface area (Å²) >= 11 is 1.73. The first-order chi connectivity index (χ1) is 8.70. The third kappa shape index (κ3) is 1.78. The van der Waals surface area contributed by atoms with Crippen LogP contribution in [-0.2, 0) is 4.74 Å². The van der Waals surface area contributed by atoms with Gasteiger partial charge >= 0.3 is 0 Å². The molecule has 1 N–H and O–H groups in total. The summed E-state index contributed by atoms with van der Waals surface area (Å²) in [6.45, 7) is 4.39. The molecule has 1 aliphatic heterocycles. The van der Waals surface area contributed by atoms with Crippen LogP contribution in [0.15, 0.2) is 11.7 Å².